The fourth-order valence-corrected chi connectivity index (χ4v) is 2.61. The third-order valence-electron chi connectivity index (χ3n) is 4.12. The molecule has 0 bridgehead atoms. The number of nitrogens with zero attached hydrogens (tertiary/aromatic N) is 1. The SMILES string of the molecule is CCCOc1ccc(C(=O)N/N=C\c2oc3cc(OC)ccc3c2C)cc1. The molecule has 1 N–H and O–H groups in total. The van der Waals surface area contributed by atoms with Crippen LogP contribution >= 0.6 is 0 Å². The molecule has 1 amide bonds. The van der Waals surface area contributed by atoms with Crippen LogP contribution in [0.2, 0.25) is 0 Å². The van der Waals surface area contributed by atoms with Gasteiger partial charge in [-0.1, -0.05) is 6.92 Å². The number of furan rings is 1. The number of ether oxygens (including phenoxy) is 2. The van der Waals surface area contributed by atoms with Gasteiger partial charge in [0.25, 0.3) is 5.91 Å². The van der Waals surface area contributed by atoms with Crippen LogP contribution in [-0.2, 0) is 0 Å². The Hall–Kier alpha value is -3.28. The molecular weight excluding hydrogens is 344 g/mol. The fraction of sp³-hybridized carbons (Fsp3) is 0.238. The van der Waals surface area contributed by atoms with Gasteiger partial charge < -0.3 is 13.9 Å². The van der Waals surface area contributed by atoms with Crippen molar-refractivity contribution in [1.29, 1.82) is 0 Å². The van der Waals surface area contributed by atoms with Gasteiger partial charge in [-0.3, -0.25) is 4.79 Å². The van der Waals surface area contributed by atoms with Gasteiger partial charge in [0.05, 0.1) is 19.9 Å². The van der Waals surface area contributed by atoms with Gasteiger partial charge in [0.15, 0.2) is 5.76 Å². The van der Waals surface area contributed by atoms with Crippen molar-refractivity contribution in [3.8, 4) is 11.5 Å². The predicted molar refractivity (Wildman–Crippen MR) is 105 cm³/mol. The van der Waals surface area contributed by atoms with Gasteiger partial charge in [-0.25, -0.2) is 5.43 Å². The van der Waals surface area contributed by atoms with E-state index in [0.29, 0.717) is 23.5 Å². The lowest BCUT2D eigenvalue weighted by Gasteiger charge is -2.05. The number of hydrogen-bond acceptors (Lipinski definition) is 5. The minimum atomic E-state index is -0.302. The first-order valence-electron chi connectivity index (χ1n) is 8.75. The van der Waals surface area contributed by atoms with Crippen molar-refractivity contribution in [1.82, 2.24) is 5.43 Å². The highest BCUT2D eigenvalue weighted by molar-refractivity contribution is 5.96. The summed E-state index contributed by atoms with van der Waals surface area (Å²) in [6.45, 7) is 4.63. The Balaban J connectivity index is 1.67. The van der Waals surface area contributed by atoms with Gasteiger partial charge in [-0.15, -0.1) is 0 Å². The maximum atomic E-state index is 12.2. The highest BCUT2D eigenvalue weighted by atomic mass is 16.5. The number of rotatable bonds is 7. The van der Waals surface area contributed by atoms with Crippen LogP contribution in [0.15, 0.2) is 52.0 Å². The molecule has 1 aromatic heterocycles. The van der Waals surface area contributed by atoms with Crippen molar-refractivity contribution >= 4 is 23.1 Å². The van der Waals surface area contributed by atoms with Gasteiger partial charge in [-0.2, -0.15) is 5.10 Å². The summed E-state index contributed by atoms with van der Waals surface area (Å²) >= 11 is 0. The molecular formula is C21H22N2O4. The van der Waals surface area contributed by atoms with Crippen LogP contribution in [0.3, 0.4) is 0 Å². The molecule has 6 heteroatoms. The van der Waals surface area contributed by atoms with E-state index >= 15 is 0 Å². The van der Waals surface area contributed by atoms with E-state index in [1.165, 1.54) is 6.21 Å². The van der Waals surface area contributed by atoms with Crippen molar-refractivity contribution in [2.24, 2.45) is 5.10 Å². The number of hydrazone groups is 1. The second kappa shape index (κ2) is 8.40. The van der Waals surface area contributed by atoms with Gasteiger partial charge >= 0.3 is 0 Å². The number of nitrogens with one attached hydrogen (secondary N) is 1. The number of carbonyl (C=O) groups excluding carboxylic acids is 1. The van der Waals surface area contributed by atoms with Crippen molar-refractivity contribution in [3.63, 3.8) is 0 Å². The molecule has 0 aliphatic carbocycles. The van der Waals surface area contributed by atoms with Gasteiger partial charge in [-0.05, 0) is 49.7 Å². The maximum absolute atomic E-state index is 12.2. The highest BCUT2D eigenvalue weighted by Gasteiger charge is 2.10. The number of hydrogen-bond donors (Lipinski definition) is 1. The molecule has 140 valence electrons. The summed E-state index contributed by atoms with van der Waals surface area (Å²) in [7, 11) is 1.61. The van der Waals surface area contributed by atoms with Crippen LogP contribution in [0, 0.1) is 6.92 Å². The Bertz CT molecular complexity index is 958. The van der Waals surface area contributed by atoms with Crippen LogP contribution in [0.1, 0.15) is 35.0 Å². The predicted octanol–water partition coefficient (Wildman–Crippen LogP) is 4.30. The average molecular weight is 366 g/mol. The minimum Gasteiger partial charge on any atom is -0.497 e. The Morgan fingerprint density at radius 3 is 2.63 bits per heavy atom. The van der Waals surface area contributed by atoms with Crippen molar-refractivity contribution < 1.29 is 18.7 Å². The number of benzene rings is 2. The smallest absolute Gasteiger partial charge is 0.271 e. The van der Waals surface area contributed by atoms with Crippen molar-refractivity contribution in [2.75, 3.05) is 13.7 Å². The number of carbonyl (C=O) groups is 1. The normalized spacial score (nSPS) is 11.1. The lowest BCUT2D eigenvalue weighted by Crippen LogP contribution is -2.17. The summed E-state index contributed by atoms with van der Waals surface area (Å²) in [5.41, 5.74) is 4.67. The summed E-state index contributed by atoms with van der Waals surface area (Å²) in [6.07, 6.45) is 2.43. The Kier molecular flexibility index (Phi) is 5.76. The first kappa shape index (κ1) is 18.5. The van der Waals surface area contributed by atoms with E-state index in [1.807, 2.05) is 32.0 Å². The molecule has 0 aliphatic heterocycles. The molecule has 27 heavy (non-hydrogen) atoms. The molecule has 6 nitrogen and oxygen atoms in total. The van der Waals surface area contributed by atoms with Gasteiger partial charge in [0, 0.05) is 22.6 Å². The van der Waals surface area contributed by atoms with Crippen LogP contribution in [0.4, 0.5) is 0 Å². The van der Waals surface area contributed by atoms with E-state index in [4.69, 9.17) is 13.9 Å². The second-order valence-electron chi connectivity index (χ2n) is 6.03. The zero-order valence-corrected chi connectivity index (χ0v) is 15.6. The van der Waals surface area contributed by atoms with E-state index in [0.717, 1.165) is 28.9 Å². The summed E-state index contributed by atoms with van der Waals surface area (Å²) in [5.74, 6) is 1.75. The van der Waals surface area contributed by atoms with Gasteiger partial charge in [0.1, 0.15) is 17.1 Å². The summed E-state index contributed by atoms with van der Waals surface area (Å²) < 4.78 is 16.5. The van der Waals surface area contributed by atoms with Crippen LogP contribution in [-0.4, -0.2) is 25.8 Å². The quantitative estimate of drug-likeness (QED) is 0.500. The maximum Gasteiger partial charge on any atom is 0.271 e. The summed E-state index contributed by atoms with van der Waals surface area (Å²) in [5, 5.41) is 4.99. The van der Waals surface area contributed by atoms with Gasteiger partial charge in [0.2, 0.25) is 0 Å². The summed E-state index contributed by atoms with van der Waals surface area (Å²) in [6, 6.07) is 12.6. The van der Waals surface area contributed by atoms with E-state index in [9.17, 15) is 4.79 Å². The van der Waals surface area contributed by atoms with E-state index in [2.05, 4.69) is 10.5 Å². The molecule has 1 heterocycles. The van der Waals surface area contributed by atoms with Crippen LogP contribution < -0.4 is 14.9 Å². The number of amides is 1. The van der Waals surface area contributed by atoms with E-state index in [-0.39, 0.29) is 5.91 Å². The molecule has 0 aliphatic rings. The molecule has 3 rings (SSSR count). The van der Waals surface area contributed by atoms with E-state index < -0.39 is 0 Å². The Morgan fingerprint density at radius 2 is 1.93 bits per heavy atom. The molecule has 2 aromatic carbocycles. The number of aryl methyl sites for hydroxylation is 1. The molecule has 0 radical (unpaired) electrons. The number of fused-ring (bicyclic) bond motifs is 1. The monoisotopic (exact) mass is 366 g/mol. The van der Waals surface area contributed by atoms with Crippen LogP contribution in [0.25, 0.3) is 11.0 Å². The lowest BCUT2D eigenvalue weighted by atomic mass is 10.1. The summed E-state index contributed by atoms with van der Waals surface area (Å²) in [4.78, 5) is 12.2. The molecule has 0 spiro atoms. The minimum absolute atomic E-state index is 0.302. The largest absolute Gasteiger partial charge is 0.497 e. The zero-order valence-electron chi connectivity index (χ0n) is 15.6. The molecule has 0 unspecified atom stereocenters. The fourth-order valence-electron chi connectivity index (χ4n) is 2.61. The molecule has 0 fully saturated rings. The molecule has 0 atom stereocenters. The van der Waals surface area contributed by atoms with Crippen molar-refractivity contribution in [2.45, 2.75) is 20.3 Å². The Morgan fingerprint density at radius 1 is 1.19 bits per heavy atom. The van der Waals surface area contributed by atoms with E-state index in [1.54, 1.807) is 31.4 Å². The second-order valence-corrected chi connectivity index (χ2v) is 6.03. The first-order valence-corrected chi connectivity index (χ1v) is 8.75. The molecule has 0 saturated heterocycles. The first-order chi connectivity index (χ1) is 13.1. The average Bonchev–Trinajstić information content (AvgIpc) is 3.01. The third kappa shape index (κ3) is 4.28. The highest BCUT2D eigenvalue weighted by Crippen LogP contribution is 2.27. The standard InChI is InChI=1S/C21H22N2O4/c1-4-11-26-16-7-5-15(6-8-16)21(24)23-22-13-20-14(2)18-10-9-17(25-3)12-19(18)27-20/h5-10,12-13H,4,11H2,1-3H3,(H,23,24)/b22-13-. The topological polar surface area (TPSA) is 73.1 Å². The molecule has 3 aromatic rings. The Labute approximate surface area is 157 Å². The molecule has 0 saturated carbocycles. The third-order valence-corrected chi connectivity index (χ3v) is 4.12. The lowest BCUT2D eigenvalue weighted by molar-refractivity contribution is 0.0955. The zero-order chi connectivity index (χ0) is 19.2. The van der Waals surface area contributed by atoms with Crippen LogP contribution in [0.5, 0.6) is 11.5 Å². The van der Waals surface area contributed by atoms with Crippen molar-refractivity contribution in [3.05, 3.63) is 59.4 Å². The number of methoxy groups -OCH3 is 1.